The van der Waals surface area contributed by atoms with Crippen molar-refractivity contribution in [3.63, 3.8) is 0 Å². The Kier molecular flexibility index (Phi) is 5.02. The minimum Gasteiger partial charge on any atom is -0.286 e. The molecule has 3 nitrogen and oxygen atoms in total. The van der Waals surface area contributed by atoms with Gasteiger partial charge in [-0.05, 0) is 42.4 Å². The lowest BCUT2D eigenvalue weighted by molar-refractivity contribution is 0.106. The van der Waals surface area contributed by atoms with Crippen LogP contribution in [0.3, 0.4) is 0 Å². The fourth-order valence-electron chi connectivity index (χ4n) is 3.39. The second-order valence-electron chi connectivity index (χ2n) is 6.22. The maximum atomic E-state index is 11.0. The average molecular weight is 262 g/mol. The van der Waals surface area contributed by atoms with Crippen molar-refractivity contribution in [3.8, 4) is 0 Å². The fraction of sp³-hybridized carbons (Fsp3) is 1.00. The Hall–Kier alpha value is -0.0900. The molecule has 1 aliphatic carbocycles. The predicted molar refractivity (Wildman–Crippen MR) is 70.4 cm³/mol. The molecule has 4 heteroatoms. The van der Waals surface area contributed by atoms with E-state index in [1.165, 1.54) is 12.8 Å². The van der Waals surface area contributed by atoms with E-state index in [4.69, 9.17) is 4.55 Å². The van der Waals surface area contributed by atoms with Gasteiger partial charge in [0.25, 0.3) is 10.1 Å². The molecule has 0 spiro atoms. The predicted octanol–water partition coefficient (Wildman–Crippen LogP) is 3.22. The SMILES string of the molecule is CC1CCC(C(C)C)C(C(C)CS(=O)(=O)O)C1. The fourth-order valence-corrected chi connectivity index (χ4v) is 4.30. The van der Waals surface area contributed by atoms with Crippen LogP contribution in [0, 0.1) is 29.6 Å². The van der Waals surface area contributed by atoms with Crippen LogP contribution >= 0.6 is 0 Å². The molecule has 0 heterocycles. The summed E-state index contributed by atoms with van der Waals surface area (Å²) < 4.78 is 31.0. The summed E-state index contributed by atoms with van der Waals surface area (Å²) in [7, 11) is -3.84. The molecular formula is C13H26O3S. The van der Waals surface area contributed by atoms with E-state index in [1.807, 2.05) is 6.92 Å². The van der Waals surface area contributed by atoms with E-state index in [-0.39, 0.29) is 11.7 Å². The standard InChI is InChI=1S/C13H26O3S/c1-9(2)12-6-5-10(3)7-13(12)11(4)8-17(14,15)16/h9-13H,5-8H2,1-4H3,(H,14,15,16). The summed E-state index contributed by atoms with van der Waals surface area (Å²) in [6, 6.07) is 0. The molecule has 0 aliphatic heterocycles. The lowest BCUT2D eigenvalue weighted by Gasteiger charge is -2.40. The molecule has 0 radical (unpaired) electrons. The Morgan fingerprint density at radius 3 is 2.24 bits per heavy atom. The highest BCUT2D eigenvalue weighted by atomic mass is 32.2. The molecule has 0 bridgehead atoms. The number of rotatable bonds is 4. The Morgan fingerprint density at radius 2 is 1.76 bits per heavy atom. The van der Waals surface area contributed by atoms with Gasteiger partial charge in [-0.2, -0.15) is 8.42 Å². The molecule has 0 aromatic heterocycles. The van der Waals surface area contributed by atoms with Gasteiger partial charge in [0, 0.05) is 0 Å². The quantitative estimate of drug-likeness (QED) is 0.791. The van der Waals surface area contributed by atoms with Crippen LogP contribution in [-0.4, -0.2) is 18.7 Å². The molecule has 1 N–H and O–H groups in total. The van der Waals surface area contributed by atoms with Crippen LogP contribution in [0.15, 0.2) is 0 Å². The van der Waals surface area contributed by atoms with E-state index in [2.05, 4.69) is 20.8 Å². The molecule has 102 valence electrons. The van der Waals surface area contributed by atoms with Crippen molar-refractivity contribution in [1.82, 2.24) is 0 Å². The summed E-state index contributed by atoms with van der Waals surface area (Å²) in [5.74, 6) is 2.27. The molecular weight excluding hydrogens is 236 g/mol. The molecule has 1 fully saturated rings. The van der Waals surface area contributed by atoms with E-state index in [0.29, 0.717) is 23.7 Å². The molecule has 17 heavy (non-hydrogen) atoms. The largest absolute Gasteiger partial charge is 0.286 e. The minimum absolute atomic E-state index is 0.0557. The van der Waals surface area contributed by atoms with Crippen molar-refractivity contribution in [2.24, 2.45) is 29.6 Å². The topological polar surface area (TPSA) is 54.4 Å². The second-order valence-corrected chi connectivity index (χ2v) is 7.71. The molecule has 1 saturated carbocycles. The molecule has 1 aliphatic rings. The summed E-state index contributed by atoms with van der Waals surface area (Å²) in [6.07, 6.45) is 3.54. The highest BCUT2D eigenvalue weighted by Gasteiger charge is 2.35. The van der Waals surface area contributed by atoms with Gasteiger partial charge in [-0.15, -0.1) is 0 Å². The van der Waals surface area contributed by atoms with Crippen molar-refractivity contribution in [2.75, 3.05) is 5.75 Å². The van der Waals surface area contributed by atoms with E-state index in [0.717, 1.165) is 6.42 Å². The van der Waals surface area contributed by atoms with Gasteiger partial charge >= 0.3 is 0 Å². The van der Waals surface area contributed by atoms with Crippen LogP contribution in [-0.2, 0) is 10.1 Å². The lowest BCUT2D eigenvalue weighted by atomic mass is 9.66. The van der Waals surface area contributed by atoms with Gasteiger partial charge in [0.2, 0.25) is 0 Å². The first kappa shape index (κ1) is 15.0. The van der Waals surface area contributed by atoms with Crippen LogP contribution in [0.2, 0.25) is 0 Å². The summed E-state index contributed by atoms with van der Waals surface area (Å²) in [5.41, 5.74) is 0. The Morgan fingerprint density at radius 1 is 1.18 bits per heavy atom. The summed E-state index contributed by atoms with van der Waals surface area (Å²) in [6.45, 7) is 8.64. The van der Waals surface area contributed by atoms with Crippen molar-refractivity contribution in [2.45, 2.75) is 47.0 Å². The zero-order valence-corrected chi connectivity index (χ0v) is 12.2. The Labute approximate surface area is 106 Å². The molecule has 1 rings (SSSR count). The maximum absolute atomic E-state index is 11.0. The van der Waals surface area contributed by atoms with Gasteiger partial charge in [-0.1, -0.05) is 34.1 Å². The van der Waals surface area contributed by atoms with Crippen LogP contribution in [0.25, 0.3) is 0 Å². The van der Waals surface area contributed by atoms with Crippen molar-refractivity contribution in [3.05, 3.63) is 0 Å². The molecule has 4 atom stereocenters. The summed E-state index contributed by atoms with van der Waals surface area (Å²) in [4.78, 5) is 0. The molecule has 0 saturated heterocycles. The van der Waals surface area contributed by atoms with E-state index in [1.54, 1.807) is 0 Å². The third-order valence-corrected chi connectivity index (χ3v) is 5.23. The first-order valence-corrected chi connectivity index (χ1v) is 8.26. The van der Waals surface area contributed by atoms with Gasteiger partial charge in [0.1, 0.15) is 0 Å². The van der Waals surface area contributed by atoms with Crippen LogP contribution in [0.1, 0.15) is 47.0 Å². The van der Waals surface area contributed by atoms with Crippen molar-refractivity contribution < 1.29 is 13.0 Å². The Bertz CT molecular complexity index is 335. The average Bonchev–Trinajstić information content (AvgIpc) is 2.14. The number of hydrogen-bond acceptors (Lipinski definition) is 2. The van der Waals surface area contributed by atoms with Crippen LogP contribution in [0.5, 0.6) is 0 Å². The van der Waals surface area contributed by atoms with Crippen LogP contribution in [0.4, 0.5) is 0 Å². The van der Waals surface area contributed by atoms with E-state index < -0.39 is 10.1 Å². The summed E-state index contributed by atoms with van der Waals surface area (Å²) in [5, 5.41) is 0. The lowest BCUT2D eigenvalue weighted by Crippen LogP contribution is -2.34. The van der Waals surface area contributed by atoms with Gasteiger partial charge in [0.15, 0.2) is 0 Å². The first-order valence-electron chi connectivity index (χ1n) is 6.66. The maximum Gasteiger partial charge on any atom is 0.265 e. The molecule has 0 aromatic rings. The van der Waals surface area contributed by atoms with Gasteiger partial charge in [-0.25, -0.2) is 0 Å². The monoisotopic (exact) mass is 262 g/mol. The second kappa shape index (κ2) is 5.70. The minimum atomic E-state index is -3.84. The highest BCUT2D eigenvalue weighted by Crippen LogP contribution is 2.42. The normalized spacial score (nSPS) is 32.7. The molecule has 0 aromatic carbocycles. The van der Waals surface area contributed by atoms with Gasteiger partial charge in [0.05, 0.1) is 5.75 Å². The smallest absolute Gasteiger partial charge is 0.265 e. The van der Waals surface area contributed by atoms with Crippen molar-refractivity contribution >= 4 is 10.1 Å². The first-order chi connectivity index (χ1) is 7.70. The van der Waals surface area contributed by atoms with Gasteiger partial charge in [-0.3, -0.25) is 4.55 Å². The third kappa shape index (κ3) is 4.59. The highest BCUT2D eigenvalue weighted by molar-refractivity contribution is 7.85. The van der Waals surface area contributed by atoms with Gasteiger partial charge < -0.3 is 0 Å². The Balaban J connectivity index is 2.75. The van der Waals surface area contributed by atoms with Crippen LogP contribution < -0.4 is 0 Å². The zero-order valence-electron chi connectivity index (χ0n) is 11.4. The number of hydrogen-bond donors (Lipinski definition) is 1. The zero-order chi connectivity index (χ0) is 13.2. The van der Waals surface area contributed by atoms with E-state index in [9.17, 15) is 8.42 Å². The van der Waals surface area contributed by atoms with Crippen molar-refractivity contribution in [1.29, 1.82) is 0 Å². The molecule has 4 unspecified atom stereocenters. The third-order valence-electron chi connectivity index (χ3n) is 4.28. The van der Waals surface area contributed by atoms with E-state index >= 15 is 0 Å². The summed E-state index contributed by atoms with van der Waals surface area (Å²) >= 11 is 0. The molecule has 0 amide bonds.